The van der Waals surface area contributed by atoms with Crippen LogP contribution in [0.1, 0.15) is 50.5 Å². The van der Waals surface area contributed by atoms with Gasteiger partial charge in [-0.2, -0.15) is 0 Å². The number of carbonyl (C=O) groups is 1. The maximum Gasteiger partial charge on any atom is 0.234 e. The predicted octanol–water partition coefficient (Wildman–Crippen LogP) is 3.35. The van der Waals surface area contributed by atoms with E-state index in [-0.39, 0.29) is 17.9 Å². The van der Waals surface area contributed by atoms with Gasteiger partial charge in [0.2, 0.25) is 5.91 Å². The van der Waals surface area contributed by atoms with Gasteiger partial charge in [-0.05, 0) is 48.9 Å². The molecule has 7 nitrogen and oxygen atoms in total. The first-order valence-corrected chi connectivity index (χ1v) is 11.9. The fraction of sp³-hybridized carbons (Fsp3) is 0.600. The third kappa shape index (κ3) is 5.63. The van der Waals surface area contributed by atoms with Crippen molar-refractivity contribution in [3.8, 4) is 11.5 Å². The average molecular weight is 441 g/mol. The number of nitrogens with zero attached hydrogens (tertiary/aromatic N) is 3. The molecule has 3 heterocycles. The molecule has 2 atom stereocenters. The van der Waals surface area contributed by atoms with Crippen LogP contribution in [-0.2, 0) is 18.3 Å². The lowest BCUT2D eigenvalue weighted by Gasteiger charge is -2.33. The minimum Gasteiger partial charge on any atom is -0.490 e. The monoisotopic (exact) mass is 440 g/mol. The van der Waals surface area contributed by atoms with Crippen LogP contribution in [0.5, 0.6) is 11.5 Å². The maximum atomic E-state index is 13.0. The summed E-state index contributed by atoms with van der Waals surface area (Å²) in [4.78, 5) is 19.8. The lowest BCUT2D eigenvalue weighted by Crippen LogP contribution is -2.44. The van der Waals surface area contributed by atoms with Crippen molar-refractivity contribution < 1.29 is 14.3 Å². The van der Waals surface area contributed by atoms with Gasteiger partial charge in [-0.15, -0.1) is 0 Å². The van der Waals surface area contributed by atoms with Crippen molar-refractivity contribution in [2.24, 2.45) is 18.9 Å². The van der Waals surface area contributed by atoms with Gasteiger partial charge in [0.25, 0.3) is 0 Å². The Morgan fingerprint density at radius 1 is 1.22 bits per heavy atom. The van der Waals surface area contributed by atoms with Crippen molar-refractivity contribution >= 4 is 5.91 Å². The second-order valence-corrected chi connectivity index (χ2v) is 9.45. The number of ether oxygens (including phenoxy) is 2. The van der Waals surface area contributed by atoms with E-state index < -0.39 is 0 Å². The van der Waals surface area contributed by atoms with E-state index in [1.807, 2.05) is 37.6 Å². The number of carbonyl (C=O) groups excluding carboxylic acids is 1. The van der Waals surface area contributed by atoms with Crippen molar-refractivity contribution in [3.05, 3.63) is 42.0 Å². The van der Waals surface area contributed by atoms with Crippen LogP contribution in [0.2, 0.25) is 0 Å². The summed E-state index contributed by atoms with van der Waals surface area (Å²) in [6.45, 7) is 7.95. The number of imidazole rings is 1. The Morgan fingerprint density at radius 2 is 2.03 bits per heavy atom. The molecular weight excluding hydrogens is 404 g/mol. The molecule has 32 heavy (non-hydrogen) atoms. The van der Waals surface area contributed by atoms with Crippen molar-refractivity contribution in [1.82, 2.24) is 19.8 Å². The van der Waals surface area contributed by atoms with Gasteiger partial charge < -0.3 is 19.4 Å². The van der Waals surface area contributed by atoms with E-state index >= 15 is 0 Å². The summed E-state index contributed by atoms with van der Waals surface area (Å²) >= 11 is 0. The van der Waals surface area contributed by atoms with E-state index in [4.69, 9.17) is 9.47 Å². The zero-order chi connectivity index (χ0) is 22.5. The normalized spacial score (nSPS) is 20.1. The van der Waals surface area contributed by atoms with Crippen LogP contribution in [0.3, 0.4) is 0 Å². The van der Waals surface area contributed by atoms with Gasteiger partial charge in [0, 0.05) is 38.8 Å². The Balaban J connectivity index is 1.36. The number of hydrogen-bond acceptors (Lipinski definition) is 5. The van der Waals surface area contributed by atoms with Crippen molar-refractivity contribution in [3.63, 3.8) is 0 Å². The van der Waals surface area contributed by atoms with E-state index in [9.17, 15) is 4.79 Å². The summed E-state index contributed by atoms with van der Waals surface area (Å²) in [5.41, 5.74) is 1.06. The molecule has 1 saturated heterocycles. The maximum absolute atomic E-state index is 13.0. The summed E-state index contributed by atoms with van der Waals surface area (Å²) in [5, 5.41) is 3.28. The largest absolute Gasteiger partial charge is 0.490 e. The first kappa shape index (κ1) is 22.6. The summed E-state index contributed by atoms with van der Waals surface area (Å²) in [6.07, 6.45) is 8.01. The van der Waals surface area contributed by atoms with Gasteiger partial charge in [0.15, 0.2) is 11.5 Å². The Kier molecular flexibility index (Phi) is 7.35. The summed E-state index contributed by atoms with van der Waals surface area (Å²) in [7, 11) is 2.04. The van der Waals surface area contributed by atoms with E-state index in [1.165, 1.54) is 6.42 Å². The van der Waals surface area contributed by atoms with Crippen LogP contribution in [0.25, 0.3) is 0 Å². The highest BCUT2D eigenvalue weighted by Crippen LogP contribution is 2.34. The SMILES string of the molecule is CC(C)[C@@H](NC(=O)CN1CCC[C@@H](Cc2nccn2C)C1)c1ccc2c(c1)OCCCO2. The first-order chi connectivity index (χ1) is 15.5. The highest BCUT2D eigenvalue weighted by molar-refractivity contribution is 5.78. The summed E-state index contributed by atoms with van der Waals surface area (Å²) in [5.74, 6) is 3.56. The van der Waals surface area contributed by atoms with Crippen LogP contribution in [0.4, 0.5) is 0 Å². The standard InChI is InChI=1S/C25H36N4O3/c1-18(2)25(20-7-8-21-22(15-20)32-13-5-12-31-21)27-24(30)17-29-10-4-6-19(16-29)14-23-26-9-11-28(23)3/h7-9,11,15,18-19,25H,4-6,10,12-14,16-17H2,1-3H3,(H,27,30)/t19-,25+/m0/s1. The van der Waals surface area contributed by atoms with Crippen molar-refractivity contribution in [2.45, 2.75) is 45.6 Å². The number of benzene rings is 1. The highest BCUT2D eigenvalue weighted by atomic mass is 16.5. The van der Waals surface area contributed by atoms with Gasteiger partial charge in [0.05, 0.1) is 25.8 Å². The van der Waals surface area contributed by atoms with Crippen LogP contribution < -0.4 is 14.8 Å². The molecule has 0 spiro atoms. The van der Waals surface area contributed by atoms with E-state index in [2.05, 4.69) is 33.6 Å². The minimum atomic E-state index is -0.0622. The number of aromatic nitrogens is 2. The number of amides is 1. The second kappa shape index (κ2) is 10.4. The third-order valence-electron chi connectivity index (χ3n) is 6.48. The highest BCUT2D eigenvalue weighted by Gasteiger charge is 2.25. The molecule has 0 radical (unpaired) electrons. The zero-order valence-corrected chi connectivity index (χ0v) is 19.5. The second-order valence-electron chi connectivity index (χ2n) is 9.45. The Bertz CT molecular complexity index is 910. The van der Waals surface area contributed by atoms with Crippen LogP contribution >= 0.6 is 0 Å². The van der Waals surface area contributed by atoms with Gasteiger partial charge in [0.1, 0.15) is 5.82 Å². The number of aryl methyl sites for hydroxylation is 1. The van der Waals surface area contributed by atoms with Crippen molar-refractivity contribution in [2.75, 3.05) is 32.8 Å². The number of piperidine rings is 1. The number of fused-ring (bicyclic) bond motifs is 1. The molecule has 174 valence electrons. The van der Waals surface area contributed by atoms with Gasteiger partial charge in [-0.25, -0.2) is 4.98 Å². The zero-order valence-electron chi connectivity index (χ0n) is 19.5. The van der Waals surface area contributed by atoms with Crippen molar-refractivity contribution in [1.29, 1.82) is 0 Å². The lowest BCUT2D eigenvalue weighted by molar-refractivity contribution is -0.123. The summed E-state index contributed by atoms with van der Waals surface area (Å²) < 4.78 is 13.7. The third-order valence-corrected chi connectivity index (χ3v) is 6.48. The fourth-order valence-corrected chi connectivity index (χ4v) is 4.74. The number of nitrogens with one attached hydrogen (secondary N) is 1. The lowest BCUT2D eigenvalue weighted by atomic mass is 9.94. The summed E-state index contributed by atoms with van der Waals surface area (Å²) in [6, 6.07) is 5.97. The Labute approximate surface area is 191 Å². The molecule has 2 aliphatic rings. The van der Waals surface area contributed by atoms with E-state index in [1.54, 1.807) is 0 Å². The molecule has 4 rings (SSSR count). The molecule has 0 saturated carbocycles. The molecule has 7 heteroatoms. The molecule has 0 unspecified atom stereocenters. The molecule has 0 aliphatic carbocycles. The van der Waals surface area contributed by atoms with Crippen LogP contribution in [0.15, 0.2) is 30.6 Å². The molecular formula is C25H36N4O3. The molecule has 0 bridgehead atoms. The smallest absolute Gasteiger partial charge is 0.234 e. The van der Waals surface area contributed by atoms with Gasteiger partial charge >= 0.3 is 0 Å². The topological polar surface area (TPSA) is 68.6 Å². The predicted molar refractivity (Wildman–Crippen MR) is 124 cm³/mol. The molecule has 1 fully saturated rings. The van der Waals surface area contributed by atoms with E-state index in [0.29, 0.717) is 25.7 Å². The van der Waals surface area contributed by atoms with Crippen LogP contribution in [0, 0.1) is 11.8 Å². The minimum absolute atomic E-state index is 0.0622. The fourth-order valence-electron chi connectivity index (χ4n) is 4.74. The molecule has 2 aromatic rings. The quantitative estimate of drug-likeness (QED) is 0.715. The number of hydrogen-bond donors (Lipinski definition) is 1. The Hall–Kier alpha value is -2.54. The molecule has 1 aromatic heterocycles. The number of rotatable bonds is 7. The average Bonchev–Trinajstić information content (AvgIpc) is 3.02. The Morgan fingerprint density at radius 3 is 2.78 bits per heavy atom. The van der Waals surface area contributed by atoms with E-state index in [0.717, 1.165) is 55.2 Å². The van der Waals surface area contributed by atoms with Gasteiger partial charge in [-0.3, -0.25) is 9.69 Å². The van der Waals surface area contributed by atoms with Crippen LogP contribution in [-0.4, -0.2) is 53.2 Å². The molecule has 1 aromatic carbocycles. The number of likely N-dealkylation sites (tertiary alicyclic amines) is 1. The first-order valence-electron chi connectivity index (χ1n) is 11.9. The molecule has 1 amide bonds. The molecule has 2 aliphatic heterocycles. The molecule has 1 N–H and O–H groups in total. The van der Waals surface area contributed by atoms with Gasteiger partial charge in [-0.1, -0.05) is 19.9 Å².